The Balaban J connectivity index is 2.26. The van der Waals surface area contributed by atoms with Crippen molar-refractivity contribution < 1.29 is 4.52 Å². The highest BCUT2D eigenvalue weighted by molar-refractivity contribution is 5.39. The Bertz CT molecular complexity index is 246. The molecule has 0 unspecified atom stereocenters. The fraction of sp³-hybridized carbons (Fsp3) is 0.571. The van der Waals surface area contributed by atoms with Crippen LogP contribution < -0.4 is 5.32 Å². The van der Waals surface area contributed by atoms with Gasteiger partial charge in [-0.1, -0.05) is 5.16 Å². The van der Waals surface area contributed by atoms with Gasteiger partial charge in [-0.25, -0.2) is 0 Å². The standard InChI is InChI=1S/C7H11N3O/c1-10-3-2-8-7-6(5-10)4-9-11-7/h4,8H,2-3,5H2,1H3. The second-order valence-corrected chi connectivity index (χ2v) is 2.84. The van der Waals surface area contributed by atoms with Gasteiger partial charge in [0.25, 0.3) is 0 Å². The summed E-state index contributed by atoms with van der Waals surface area (Å²) >= 11 is 0. The van der Waals surface area contributed by atoms with Crippen LogP contribution in [0.4, 0.5) is 5.88 Å². The van der Waals surface area contributed by atoms with Gasteiger partial charge in [0.15, 0.2) is 0 Å². The van der Waals surface area contributed by atoms with Crippen LogP contribution in [0.15, 0.2) is 10.7 Å². The highest BCUT2D eigenvalue weighted by Gasteiger charge is 2.13. The van der Waals surface area contributed by atoms with E-state index in [1.807, 2.05) is 0 Å². The first-order chi connectivity index (χ1) is 5.36. The summed E-state index contributed by atoms with van der Waals surface area (Å²) in [5.74, 6) is 0.828. The first-order valence-electron chi connectivity index (χ1n) is 3.72. The molecule has 0 saturated carbocycles. The average Bonchev–Trinajstić information content (AvgIpc) is 2.31. The molecule has 1 aliphatic rings. The molecule has 0 aromatic carbocycles. The molecular formula is C7H11N3O. The molecule has 60 valence electrons. The lowest BCUT2D eigenvalue weighted by atomic mass is 10.3. The van der Waals surface area contributed by atoms with Gasteiger partial charge < -0.3 is 14.7 Å². The van der Waals surface area contributed by atoms with Crippen molar-refractivity contribution >= 4 is 5.88 Å². The molecule has 0 bridgehead atoms. The average molecular weight is 153 g/mol. The van der Waals surface area contributed by atoms with Gasteiger partial charge in [-0.15, -0.1) is 0 Å². The molecular weight excluding hydrogens is 142 g/mol. The van der Waals surface area contributed by atoms with E-state index in [0.717, 1.165) is 31.1 Å². The molecule has 0 radical (unpaired) electrons. The SMILES string of the molecule is CN1CCNc2oncc2C1. The number of anilines is 1. The zero-order valence-corrected chi connectivity index (χ0v) is 6.50. The molecule has 1 N–H and O–H groups in total. The Morgan fingerprint density at radius 2 is 2.64 bits per heavy atom. The molecule has 1 aromatic heterocycles. The Morgan fingerprint density at radius 1 is 1.73 bits per heavy atom. The van der Waals surface area contributed by atoms with Gasteiger partial charge in [0.1, 0.15) is 0 Å². The van der Waals surface area contributed by atoms with Crippen LogP contribution in [-0.4, -0.2) is 30.2 Å². The third kappa shape index (κ3) is 1.21. The van der Waals surface area contributed by atoms with Crippen LogP contribution in [0.1, 0.15) is 5.56 Å². The normalized spacial score (nSPS) is 18.6. The predicted octanol–water partition coefficient (Wildman–Crippen LogP) is 0.532. The van der Waals surface area contributed by atoms with E-state index in [2.05, 4.69) is 22.4 Å². The highest BCUT2D eigenvalue weighted by atomic mass is 16.5. The number of nitrogens with zero attached hydrogens (tertiary/aromatic N) is 2. The predicted molar refractivity (Wildman–Crippen MR) is 41.3 cm³/mol. The van der Waals surface area contributed by atoms with Gasteiger partial charge in [-0.3, -0.25) is 0 Å². The van der Waals surface area contributed by atoms with E-state index in [0.29, 0.717) is 0 Å². The summed E-state index contributed by atoms with van der Waals surface area (Å²) in [6.07, 6.45) is 1.77. The lowest BCUT2D eigenvalue weighted by Gasteiger charge is -2.10. The van der Waals surface area contributed by atoms with Crippen molar-refractivity contribution in [1.82, 2.24) is 10.1 Å². The van der Waals surface area contributed by atoms with Crippen LogP contribution in [0.3, 0.4) is 0 Å². The van der Waals surface area contributed by atoms with E-state index in [9.17, 15) is 0 Å². The van der Waals surface area contributed by atoms with Crippen molar-refractivity contribution in [3.63, 3.8) is 0 Å². The van der Waals surface area contributed by atoms with Crippen LogP contribution in [0.2, 0.25) is 0 Å². The molecule has 0 amide bonds. The van der Waals surface area contributed by atoms with Crippen molar-refractivity contribution in [2.75, 3.05) is 25.5 Å². The fourth-order valence-corrected chi connectivity index (χ4v) is 1.25. The molecule has 0 saturated heterocycles. The summed E-state index contributed by atoms with van der Waals surface area (Å²) in [7, 11) is 2.09. The first kappa shape index (κ1) is 6.67. The zero-order chi connectivity index (χ0) is 7.68. The van der Waals surface area contributed by atoms with Crippen molar-refractivity contribution in [3.8, 4) is 0 Å². The Hall–Kier alpha value is -1.03. The number of nitrogens with one attached hydrogen (secondary N) is 1. The van der Waals surface area contributed by atoms with Gasteiger partial charge in [-0.2, -0.15) is 0 Å². The van der Waals surface area contributed by atoms with Crippen molar-refractivity contribution in [2.45, 2.75) is 6.54 Å². The minimum atomic E-state index is 0.828. The minimum Gasteiger partial charge on any atom is -0.352 e. The molecule has 4 nitrogen and oxygen atoms in total. The lowest BCUT2D eigenvalue weighted by molar-refractivity contribution is 0.346. The monoisotopic (exact) mass is 153 g/mol. The van der Waals surface area contributed by atoms with Crippen LogP contribution in [-0.2, 0) is 6.54 Å². The van der Waals surface area contributed by atoms with Crippen LogP contribution in [0.25, 0.3) is 0 Å². The third-order valence-electron chi connectivity index (χ3n) is 1.86. The van der Waals surface area contributed by atoms with E-state index in [1.54, 1.807) is 6.20 Å². The van der Waals surface area contributed by atoms with Gasteiger partial charge >= 0.3 is 0 Å². The van der Waals surface area contributed by atoms with Crippen molar-refractivity contribution in [3.05, 3.63) is 11.8 Å². The second-order valence-electron chi connectivity index (χ2n) is 2.84. The number of rotatable bonds is 0. The molecule has 0 spiro atoms. The molecule has 11 heavy (non-hydrogen) atoms. The van der Waals surface area contributed by atoms with Crippen LogP contribution in [0, 0.1) is 0 Å². The van der Waals surface area contributed by atoms with Gasteiger partial charge in [0, 0.05) is 19.6 Å². The van der Waals surface area contributed by atoms with Crippen molar-refractivity contribution in [2.24, 2.45) is 0 Å². The van der Waals surface area contributed by atoms with E-state index in [1.165, 1.54) is 0 Å². The molecule has 4 heteroatoms. The zero-order valence-electron chi connectivity index (χ0n) is 6.50. The summed E-state index contributed by atoms with van der Waals surface area (Å²) < 4.78 is 5.00. The Morgan fingerprint density at radius 3 is 3.55 bits per heavy atom. The molecule has 0 fully saturated rings. The molecule has 0 aliphatic carbocycles. The quantitative estimate of drug-likeness (QED) is 0.590. The maximum atomic E-state index is 5.00. The number of likely N-dealkylation sites (N-methyl/N-ethyl adjacent to an activating group) is 1. The molecule has 2 heterocycles. The largest absolute Gasteiger partial charge is 0.352 e. The molecule has 1 aliphatic heterocycles. The maximum absolute atomic E-state index is 5.00. The molecule has 2 rings (SSSR count). The third-order valence-corrected chi connectivity index (χ3v) is 1.86. The topological polar surface area (TPSA) is 41.3 Å². The second kappa shape index (κ2) is 2.54. The van der Waals surface area contributed by atoms with E-state index < -0.39 is 0 Å². The van der Waals surface area contributed by atoms with Crippen LogP contribution >= 0.6 is 0 Å². The fourth-order valence-electron chi connectivity index (χ4n) is 1.25. The lowest BCUT2D eigenvalue weighted by Crippen LogP contribution is -2.20. The van der Waals surface area contributed by atoms with Gasteiger partial charge in [0.05, 0.1) is 11.8 Å². The van der Waals surface area contributed by atoms with Crippen molar-refractivity contribution in [1.29, 1.82) is 0 Å². The molecule has 1 aromatic rings. The maximum Gasteiger partial charge on any atom is 0.229 e. The Labute approximate surface area is 65.2 Å². The summed E-state index contributed by atoms with van der Waals surface area (Å²) in [5, 5.41) is 6.88. The summed E-state index contributed by atoms with van der Waals surface area (Å²) in [6, 6.07) is 0. The number of hydrogen-bond acceptors (Lipinski definition) is 4. The number of fused-ring (bicyclic) bond motifs is 1. The molecule has 0 atom stereocenters. The number of hydrogen-bond donors (Lipinski definition) is 1. The van der Waals surface area contributed by atoms with Gasteiger partial charge in [-0.05, 0) is 7.05 Å². The van der Waals surface area contributed by atoms with Crippen LogP contribution in [0.5, 0.6) is 0 Å². The van der Waals surface area contributed by atoms with Gasteiger partial charge in [0.2, 0.25) is 5.88 Å². The van der Waals surface area contributed by atoms with E-state index >= 15 is 0 Å². The Kier molecular flexibility index (Phi) is 1.54. The van der Waals surface area contributed by atoms with E-state index in [-0.39, 0.29) is 0 Å². The van der Waals surface area contributed by atoms with E-state index in [4.69, 9.17) is 4.52 Å². The highest BCUT2D eigenvalue weighted by Crippen LogP contribution is 2.17. The first-order valence-corrected chi connectivity index (χ1v) is 3.72. The smallest absolute Gasteiger partial charge is 0.229 e. The summed E-state index contributed by atoms with van der Waals surface area (Å²) in [5.41, 5.74) is 1.14. The minimum absolute atomic E-state index is 0.828. The number of aromatic nitrogens is 1. The summed E-state index contributed by atoms with van der Waals surface area (Å²) in [4.78, 5) is 2.23. The summed E-state index contributed by atoms with van der Waals surface area (Å²) in [6.45, 7) is 2.90.